The van der Waals surface area contributed by atoms with E-state index < -0.39 is 54.8 Å². The molecule has 0 saturated carbocycles. The number of alkyl halides is 3. The lowest BCUT2D eigenvalue weighted by atomic mass is 9.96. The molecule has 2 amide bonds. The van der Waals surface area contributed by atoms with Crippen LogP contribution in [0.2, 0.25) is 0 Å². The first-order chi connectivity index (χ1) is 19.1. The Morgan fingerprint density at radius 3 is 2.34 bits per heavy atom. The molecule has 14 heteroatoms. The molecule has 2 unspecified atom stereocenters. The van der Waals surface area contributed by atoms with Crippen molar-refractivity contribution < 1.29 is 35.9 Å². The minimum absolute atomic E-state index is 0.0296. The average Bonchev–Trinajstić information content (AvgIpc) is 3.16. The number of sulfone groups is 1. The number of benzene rings is 1. The van der Waals surface area contributed by atoms with E-state index in [9.17, 15) is 31.2 Å². The predicted octanol–water partition coefficient (Wildman–Crippen LogP) is 3.82. The highest BCUT2D eigenvalue weighted by Crippen LogP contribution is 2.39. The zero-order valence-corrected chi connectivity index (χ0v) is 25.8. The molecule has 0 aliphatic carbocycles. The van der Waals surface area contributed by atoms with Crippen LogP contribution in [-0.2, 0) is 14.6 Å². The molecule has 2 N–H and O–H groups in total. The maximum atomic E-state index is 13.3. The minimum atomic E-state index is -4.50. The minimum Gasteiger partial charge on any atom is -0.477 e. The van der Waals surface area contributed by atoms with Gasteiger partial charge in [0.05, 0.1) is 5.56 Å². The first-order valence-electron chi connectivity index (χ1n) is 12.9. The Kier molecular flexibility index (Phi) is 9.02. The van der Waals surface area contributed by atoms with E-state index in [4.69, 9.17) is 4.74 Å². The summed E-state index contributed by atoms with van der Waals surface area (Å²) in [5, 5.41) is 4.91. The fourth-order valence-corrected chi connectivity index (χ4v) is 7.24. The van der Waals surface area contributed by atoms with Gasteiger partial charge in [0.1, 0.15) is 23.0 Å². The molecule has 41 heavy (non-hydrogen) atoms. The third-order valence-corrected chi connectivity index (χ3v) is 9.83. The van der Waals surface area contributed by atoms with E-state index in [0.29, 0.717) is 18.7 Å². The van der Waals surface area contributed by atoms with E-state index in [2.05, 4.69) is 19.7 Å². The van der Waals surface area contributed by atoms with Crippen molar-refractivity contribution in [1.82, 2.24) is 15.6 Å². The Balaban J connectivity index is 1.39. The molecule has 9 nitrogen and oxygen atoms in total. The lowest BCUT2D eigenvalue weighted by molar-refractivity contribution is -0.135. The van der Waals surface area contributed by atoms with Crippen LogP contribution in [0.5, 0.6) is 5.75 Å². The van der Waals surface area contributed by atoms with Crippen molar-refractivity contribution in [1.29, 1.82) is 0 Å². The van der Waals surface area contributed by atoms with E-state index in [-0.39, 0.29) is 40.2 Å². The average molecular weight is 709 g/mol. The SMILES string of the molecule is C=Ic1ccc(OC(C)(C)C(=O)NC2CC3CCC(C2)N3c2ccc(C(=O)NCC(F)(F)F)cn2)c(S(C)(=O)=O)c1. The second-order valence-corrected chi connectivity index (χ2v) is 14.7. The molecule has 2 aliphatic rings. The van der Waals surface area contributed by atoms with Gasteiger partial charge in [-0.2, -0.15) is 13.2 Å². The Bertz CT molecular complexity index is 1420. The first kappa shape index (κ1) is 31.2. The standard InChI is InChI=1S/C27H32F3IN4O5S/c1-26(2,40-21-9-6-17(31-3)11-22(21)41(4,38)39)25(37)34-18-12-19-7-8-20(13-18)35(19)23-10-5-16(14-32-23)24(36)33-15-27(28,29)30/h5-6,9-11,14,18-20H,3,7-8,12-13,15H2,1-2,4H3,(H,33,36)(H,34,37). The maximum absolute atomic E-state index is 13.3. The second-order valence-electron chi connectivity index (χ2n) is 10.7. The Morgan fingerprint density at radius 1 is 1.15 bits per heavy atom. The summed E-state index contributed by atoms with van der Waals surface area (Å²) in [4.78, 5) is 31.8. The lowest BCUT2D eigenvalue weighted by Gasteiger charge is -2.41. The van der Waals surface area contributed by atoms with Crippen molar-refractivity contribution in [2.45, 2.75) is 74.3 Å². The van der Waals surface area contributed by atoms with Crippen LogP contribution >= 0.6 is 20.7 Å². The van der Waals surface area contributed by atoms with Gasteiger partial charge in [-0.05, 0) is 69.9 Å². The number of rotatable bonds is 9. The van der Waals surface area contributed by atoms with Crippen LogP contribution in [0.15, 0.2) is 41.4 Å². The third kappa shape index (κ3) is 7.56. The predicted molar refractivity (Wildman–Crippen MR) is 157 cm³/mol. The van der Waals surface area contributed by atoms with Crippen molar-refractivity contribution in [2.24, 2.45) is 0 Å². The van der Waals surface area contributed by atoms with Crippen LogP contribution < -0.4 is 20.3 Å². The van der Waals surface area contributed by atoms with Gasteiger partial charge in [-0.1, -0.05) is 25.2 Å². The van der Waals surface area contributed by atoms with Crippen LogP contribution in [0, 0.1) is 3.57 Å². The van der Waals surface area contributed by atoms with Crippen molar-refractivity contribution in [3.8, 4) is 5.75 Å². The van der Waals surface area contributed by atoms with Gasteiger partial charge in [-0.3, -0.25) is 9.59 Å². The number of halogens is 4. The van der Waals surface area contributed by atoms with Gasteiger partial charge < -0.3 is 20.3 Å². The van der Waals surface area contributed by atoms with Crippen LogP contribution in [0.1, 0.15) is 49.9 Å². The zero-order chi connectivity index (χ0) is 30.2. The normalized spacial score (nSPS) is 20.9. The van der Waals surface area contributed by atoms with Gasteiger partial charge in [0.15, 0.2) is 15.4 Å². The summed E-state index contributed by atoms with van der Waals surface area (Å²) >= 11 is -0.575. The highest BCUT2D eigenvalue weighted by molar-refractivity contribution is 14.2. The summed E-state index contributed by atoms with van der Waals surface area (Å²) in [6.07, 6.45) is 0.916. The van der Waals surface area contributed by atoms with E-state index in [1.54, 1.807) is 38.1 Å². The maximum Gasteiger partial charge on any atom is 0.405 e. The number of ether oxygens (including phenoxy) is 1. The fourth-order valence-electron chi connectivity index (χ4n) is 5.24. The molecule has 1 aromatic heterocycles. The van der Waals surface area contributed by atoms with Gasteiger partial charge in [0, 0.05) is 34.1 Å². The van der Waals surface area contributed by atoms with Crippen LogP contribution in [-0.4, -0.2) is 72.4 Å². The quantitative estimate of drug-likeness (QED) is 0.381. The highest BCUT2D eigenvalue weighted by Gasteiger charge is 2.43. The number of hydrogen-bond donors (Lipinski definition) is 2. The molecule has 2 saturated heterocycles. The molecule has 2 atom stereocenters. The van der Waals surface area contributed by atoms with E-state index in [0.717, 1.165) is 22.7 Å². The smallest absolute Gasteiger partial charge is 0.405 e. The third-order valence-electron chi connectivity index (χ3n) is 7.16. The largest absolute Gasteiger partial charge is 0.477 e. The Hall–Kier alpha value is -2.75. The molecule has 1 aromatic carbocycles. The number of hydrogen-bond acceptors (Lipinski definition) is 7. The highest BCUT2D eigenvalue weighted by atomic mass is 127. The molecule has 2 fully saturated rings. The topological polar surface area (TPSA) is 118 Å². The number of pyridine rings is 1. The Morgan fingerprint density at radius 2 is 1.80 bits per heavy atom. The van der Waals surface area contributed by atoms with Gasteiger partial charge >= 0.3 is 6.18 Å². The van der Waals surface area contributed by atoms with Gasteiger partial charge in [-0.15, -0.1) is 0 Å². The number of anilines is 1. The molecular weight excluding hydrogens is 676 g/mol. The monoisotopic (exact) mass is 708 g/mol. The molecular formula is C27H32F3IN4O5S. The number of aromatic nitrogens is 1. The molecule has 2 aromatic rings. The van der Waals surface area contributed by atoms with Gasteiger partial charge in [0.25, 0.3) is 11.8 Å². The van der Waals surface area contributed by atoms with Crippen LogP contribution in [0.4, 0.5) is 19.0 Å². The van der Waals surface area contributed by atoms with Crippen molar-refractivity contribution >= 4 is 52.7 Å². The number of fused-ring (bicyclic) bond motifs is 2. The fraction of sp³-hybridized carbons (Fsp3) is 0.481. The summed E-state index contributed by atoms with van der Waals surface area (Å²) in [5.74, 6) is -0.472. The number of piperidine rings is 1. The van der Waals surface area contributed by atoms with Crippen LogP contribution in [0.25, 0.3) is 0 Å². The summed E-state index contributed by atoms with van der Waals surface area (Å²) < 4.78 is 72.7. The summed E-state index contributed by atoms with van der Waals surface area (Å²) in [7, 11) is -3.59. The van der Waals surface area contributed by atoms with Crippen molar-refractivity contribution in [2.75, 3.05) is 17.7 Å². The van der Waals surface area contributed by atoms with E-state index in [1.807, 2.05) is 5.32 Å². The van der Waals surface area contributed by atoms with E-state index in [1.165, 1.54) is 12.3 Å². The summed E-state index contributed by atoms with van der Waals surface area (Å²) in [5.41, 5.74) is -1.31. The van der Waals surface area contributed by atoms with Crippen molar-refractivity contribution in [3.05, 3.63) is 45.7 Å². The number of carbonyl (C=O) groups is 2. The zero-order valence-electron chi connectivity index (χ0n) is 22.8. The van der Waals surface area contributed by atoms with E-state index >= 15 is 0 Å². The number of amides is 2. The molecule has 224 valence electrons. The molecule has 0 spiro atoms. The summed E-state index contributed by atoms with van der Waals surface area (Å²) in [6, 6.07) is 8.00. The first-order valence-corrected chi connectivity index (χ1v) is 17.4. The van der Waals surface area contributed by atoms with Crippen molar-refractivity contribution in [3.63, 3.8) is 0 Å². The molecule has 2 aliphatic heterocycles. The number of nitrogens with one attached hydrogen (secondary N) is 2. The van der Waals surface area contributed by atoms with Gasteiger partial charge in [0.2, 0.25) is 0 Å². The molecule has 0 radical (unpaired) electrons. The number of carbonyl (C=O) groups excluding carboxylic acids is 2. The molecule has 4 rings (SSSR count). The number of nitrogens with zero attached hydrogens (tertiary/aromatic N) is 2. The molecule has 2 bridgehead atoms. The molecule has 3 heterocycles. The van der Waals surface area contributed by atoms with Gasteiger partial charge in [-0.25, -0.2) is 13.4 Å². The lowest BCUT2D eigenvalue weighted by Crippen LogP contribution is -2.55. The second kappa shape index (κ2) is 11.9. The Labute approximate surface area is 246 Å². The van der Waals surface area contributed by atoms with Crippen LogP contribution in [0.3, 0.4) is 0 Å². The summed E-state index contributed by atoms with van der Waals surface area (Å²) in [6.45, 7) is 1.77.